The van der Waals surface area contributed by atoms with E-state index in [4.69, 9.17) is 0 Å². The summed E-state index contributed by atoms with van der Waals surface area (Å²) in [5.41, 5.74) is 0.351. The number of aryl methyl sites for hydroxylation is 1. The molecule has 0 atom stereocenters. The SMILES string of the molecule is COC(=O)c1cn(C)c(SC)n1. The molecule has 0 N–H and O–H groups in total. The second-order valence-corrected chi connectivity index (χ2v) is 2.99. The smallest absolute Gasteiger partial charge is 0.358 e. The van der Waals surface area contributed by atoms with Gasteiger partial charge in [-0.1, -0.05) is 11.8 Å². The van der Waals surface area contributed by atoms with E-state index in [1.807, 2.05) is 13.3 Å². The molecule has 0 saturated carbocycles. The van der Waals surface area contributed by atoms with E-state index in [-0.39, 0.29) is 0 Å². The third-order valence-electron chi connectivity index (χ3n) is 1.41. The molecule has 1 aromatic heterocycles. The Morgan fingerprint density at radius 1 is 1.75 bits per heavy atom. The quantitative estimate of drug-likeness (QED) is 0.509. The zero-order chi connectivity index (χ0) is 9.14. The summed E-state index contributed by atoms with van der Waals surface area (Å²) in [4.78, 5) is 15.0. The largest absolute Gasteiger partial charge is 0.464 e. The average Bonchev–Trinajstić information content (AvgIpc) is 2.45. The lowest BCUT2D eigenvalue weighted by Crippen LogP contribution is -2.00. The number of thioether (sulfide) groups is 1. The van der Waals surface area contributed by atoms with Crippen molar-refractivity contribution in [1.29, 1.82) is 0 Å². The Balaban J connectivity index is 2.96. The summed E-state index contributed by atoms with van der Waals surface area (Å²) in [6, 6.07) is 0. The molecule has 0 saturated heterocycles. The fraction of sp³-hybridized carbons (Fsp3) is 0.429. The standard InChI is InChI=1S/C7H10N2O2S/c1-9-4-5(6(10)11-2)8-7(9)12-3/h4H,1-3H3. The number of aromatic nitrogens is 2. The summed E-state index contributed by atoms with van der Waals surface area (Å²) >= 11 is 1.49. The molecule has 0 aliphatic rings. The van der Waals surface area contributed by atoms with Crippen LogP contribution < -0.4 is 0 Å². The molecule has 1 rings (SSSR count). The lowest BCUT2D eigenvalue weighted by Gasteiger charge is -1.91. The van der Waals surface area contributed by atoms with Gasteiger partial charge in [-0.25, -0.2) is 9.78 Å². The molecular weight excluding hydrogens is 176 g/mol. The van der Waals surface area contributed by atoms with E-state index in [1.165, 1.54) is 18.9 Å². The van der Waals surface area contributed by atoms with Gasteiger partial charge in [0.15, 0.2) is 10.9 Å². The molecule has 66 valence electrons. The number of hydrogen-bond acceptors (Lipinski definition) is 4. The molecule has 1 aromatic rings. The van der Waals surface area contributed by atoms with E-state index >= 15 is 0 Å². The summed E-state index contributed by atoms with van der Waals surface area (Å²) in [5.74, 6) is -0.397. The molecule has 12 heavy (non-hydrogen) atoms. The molecule has 5 heteroatoms. The highest BCUT2D eigenvalue weighted by Crippen LogP contribution is 2.12. The maximum Gasteiger partial charge on any atom is 0.358 e. The monoisotopic (exact) mass is 186 g/mol. The van der Waals surface area contributed by atoms with Crippen LogP contribution in [0, 0.1) is 0 Å². The van der Waals surface area contributed by atoms with Crippen LogP contribution in [0.2, 0.25) is 0 Å². The summed E-state index contributed by atoms with van der Waals surface area (Å²) in [7, 11) is 3.18. The number of hydrogen-bond donors (Lipinski definition) is 0. The Morgan fingerprint density at radius 3 is 2.83 bits per heavy atom. The topological polar surface area (TPSA) is 44.1 Å². The first kappa shape index (κ1) is 9.12. The predicted molar refractivity (Wildman–Crippen MR) is 46.3 cm³/mol. The predicted octanol–water partition coefficient (Wildman–Crippen LogP) is 0.929. The average molecular weight is 186 g/mol. The van der Waals surface area contributed by atoms with E-state index < -0.39 is 5.97 Å². The van der Waals surface area contributed by atoms with Crippen molar-refractivity contribution in [2.45, 2.75) is 5.16 Å². The van der Waals surface area contributed by atoms with Crippen LogP contribution in [-0.2, 0) is 11.8 Å². The van der Waals surface area contributed by atoms with Gasteiger partial charge in [0.2, 0.25) is 0 Å². The Morgan fingerprint density at radius 2 is 2.42 bits per heavy atom. The van der Waals surface area contributed by atoms with E-state index in [0.29, 0.717) is 5.69 Å². The lowest BCUT2D eigenvalue weighted by molar-refractivity contribution is 0.0594. The lowest BCUT2D eigenvalue weighted by atomic mass is 10.5. The van der Waals surface area contributed by atoms with Crippen molar-refractivity contribution in [3.8, 4) is 0 Å². The molecular formula is C7H10N2O2S. The molecule has 0 aliphatic heterocycles. The minimum Gasteiger partial charge on any atom is -0.464 e. The van der Waals surface area contributed by atoms with Crippen molar-refractivity contribution in [2.75, 3.05) is 13.4 Å². The fourth-order valence-electron chi connectivity index (χ4n) is 0.842. The first-order valence-electron chi connectivity index (χ1n) is 3.34. The molecule has 0 spiro atoms. The van der Waals surface area contributed by atoms with Gasteiger partial charge < -0.3 is 9.30 Å². The molecule has 4 nitrogen and oxygen atoms in total. The normalized spacial score (nSPS) is 9.92. The van der Waals surface area contributed by atoms with Crippen LogP contribution in [0.3, 0.4) is 0 Å². The van der Waals surface area contributed by atoms with Gasteiger partial charge in [-0.15, -0.1) is 0 Å². The van der Waals surface area contributed by atoms with Crippen molar-refractivity contribution >= 4 is 17.7 Å². The van der Waals surface area contributed by atoms with E-state index in [2.05, 4.69) is 9.72 Å². The fourth-order valence-corrected chi connectivity index (χ4v) is 1.37. The van der Waals surface area contributed by atoms with Crippen LogP contribution in [0.5, 0.6) is 0 Å². The third kappa shape index (κ3) is 1.61. The van der Waals surface area contributed by atoms with Gasteiger partial charge in [0, 0.05) is 13.2 Å². The van der Waals surface area contributed by atoms with Gasteiger partial charge >= 0.3 is 5.97 Å². The molecule has 0 fully saturated rings. The molecule has 0 bridgehead atoms. The van der Waals surface area contributed by atoms with Crippen LogP contribution in [0.1, 0.15) is 10.5 Å². The van der Waals surface area contributed by atoms with Crippen molar-refractivity contribution in [3.05, 3.63) is 11.9 Å². The van der Waals surface area contributed by atoms with Crippen molar-refractivity contribution in [3.63, 3.8) is 0 Å². The minimum atomic E-state index is -0.397. The van der Waals surface area contributed by atoms with E-state index in [9.17, 15) is 4.79 Å². The number of methoxy groups -OCH3 is 1. The summed E-state index contributed by atoms with van der Waals surface area (Å²) in [6.07, 6.45) is 3.56. The maximum atomic E-state index is 11.0. The minimum absolute atomic E-state index is 0.351. The maximum absolute atomic E-state index is 11.0. The molecule has 0 aromatic carbocycles. The van der Waals surface area contributed by atoms with Crippen LogP contribution in [0.15, 0.2) is 11.4 Å². The molecule has 0 amide bonds. The van der Waals surface area contributed by atoms with Crippen LogP contribution >= 0.6 is 11.8 Å². The number of esters is 1. The Kier molecular flexibility index (Phi) is 2.75. The summed E-state index contributed by atoms with van der Waals surface area (Å²) in [5, 5.41) is 0.801. The molecule has 0 aliphatic carbocycles. The number of imidazole rings is 1. The van der Waals surface area contributed by atoms with Gasteiger partial charge in [0.25, 0.3) is 0 Å². The second-order valence-electron chi connectivity index (χ2n) is 2.22. The zero-order valence-corrected chi connectivity index (χ0v) is 8.01. The van der Waals surface area contributed by atoms with Gasteiger partial charge in [-0.3, -0.25) is 0 Å². The highest BCUT2D eigenvalue weighted by Gasteiger charge is 2.11. The summed E-state index contributed by atoms with van der Waals surface area (Å²) in [6.45, 7) is 0. The number of rotatable bonds is 2. The Bertz CT molecular complexity index is 296. The van der Waals surface area contributed by atoms with Gasteiger partial charge in [0.05, 0.1) is 7.11 Å². The zero-order valence-electron chi connectivity index (χ0n) is 7.20. The number of carbonyl (C=O) groups excluding carboxylic acids is 1. The van der Waals surface area contributed by atoms with E-state index in [1.54, 1.807) is 10.8 Å². The van der Waals surface area contributed by atoms with Crippen LogP contribution in [0.4, 0.5) is 0 Å². The van der Waals surface area contributed by atoms with Crippen molar-refractivity contribution in [1.82, 2.24) is 9.55 Å². The highest BCUT2D eigenvalue weighted by molar-refractivity contribution is 7.98. The number of ether oxygens (including phenoxy) is 1. The summed E-state index contributed by atoms with van der Waals surface area (Å²) < 4.78 is 6.31. The van der Waals surface area contributed by atoms with Crippen molar-refractivity contribution < 1.29 is 9.53 Å². The number of carbonyl (C=O) groups is 1. The molecule has 0 radical (unpaired) electrons. The highest BCUT2D eigenvalue weighted by atomic mass is 32.2. The van der Waals surface area contributed by atoms with Gasteiger partial charge in [-0.2, -0.15) is 0 Å². The van der Waals surface area contributed by atoms with Gasteiger partial charge in [0.1, 0.15) is 0 Å². The Labute approximate surface area is 74.9 Å². The van der Waals surface area contributed by atoms with Crippen LogP contribution in [0.25, 0.3) is 0 Å². The van der Waals surface area contributed by atoms with E-state index in [0.717, 1.165) is 5.16 Å². The molecule has 0 unspecified atom stereocenters. The third-order valence-corrected chi connectivity index (χ3v) is 2.16. The van der Waals surface area contributed by atoms with Crippen LogP contribution in [-0.4, -0.2) is 28.9 Å². The Hall–Kier alpha value is -0.970. The van der Waals surface area contributed by atoms with Crippen molar-refractivity contribution in [2.24, 2.45) is 7.05 Å². The first-order valence-corrected chi connectivity index (χ1v) is 4.57. The second kappa shape index (κ2) is 3.62. The first-order chi connectivity index (χ1) is 5.69. The molecule has 1 heterocycles. The van der Waals surface area contributed by atoms with Gasteiger partial charge in [-0.05, 0) is 6.26 Å². The number of nitrogens with zero attached hydrogens (tertiary/aromatic N) is 2.